The molecule has 1 fully saturated rings. The number of nitrogens with one attached hydrogen (secondary N) is 1. The van der Waals surface area contributed by atoms with Crippen LogP contribution < -0.4 is 5.32 Å². The van der Waals surface area contributed by atoms with E-state index >= 15 is 0 Å². The molecule has 1 aliphatic rings. The summed E-state index contributed by atoms with van der Waals surface area (Å²) in [5, 5.41) is 7.66. The van der Waals surface area contributed by atoms with Crippen molar-refractivity contribution in [1.82, 2.24) is 14.8 Å². The van der Waals surface area contributed by atoms with Gasteiger partial charge >= 0.3 is 0 Å². The second kappa shape index (κ2) is 6.17. The summed E-state index contributed by atoms with van der Waals surface area (Å²) in [5.41, 5.74) is 2.32. The zero-order valence-electron chi connectivity index (χ0n) is 11.2. The van der Waals surface area contributed by atoms with Crippen LogP contribution in [-0.4, -0.2) is 36.5 Å². The van der Waals surface area contributed by atoms with Crippen LogP contribution >= 0.6 is 0 Å². The van der Waals surface area contributed by atoms with E-state index in [1.165, 1.54) is 5.56 Å². The zero-order valence-corrected chi connectivity index (χ0v) is 12.1. The number of rotatable bonds is 4. The van der Waals surface area contributed by atoms with Gasteiger partial charge in [0.25, 0.3) is 0 Å². The van der Waals surface area contributed by atoms with Gasteiger partial charge in [0.1, 0.15) is 12.7 Å². The minimum atomic E-state index is -0.604. The van der Waals surface area contributed by atoms with Crippen LogP contribution in [-0.2, 0) is 17.3 Å². The summed E-state index contributed by atoms with van der Waals surface area (Å²) in [6.45, 7) is 0.726. The lowest BCUT2D eigenvalue weighted by Crippen LogP contribution is -2.29. The quantitative estimate of drug-likeness (QED) is 0.930. The maximum Gasteiger partial charge on any atom is 0.137 e. The molecule has 0 amide bonds. The van der Waals surface area contributed by atoms with Crippen molar-refractivity contribution in [3.05, 3.63) is 42.5 Å². The van der Waals surface area contributed by atoms with Crippen LogP contribution in [0.4, 0.5) is 5.69 Å². The number of hydrogen-bond acceptors (Lipinski definition) is 4. The molecule has 3 rings (SSSR count). The van der Waals surface area contributed by atoms with E-state index < -0.39 is 10.8 Å². The normalized spacial score (nSPS) is 22.6. The topological polar surface area (TPSA) is 59.8 Å². The summed E-state index contributed by atoms with van der Waals surface area (Å²) in [4.78, 5) is 3.95. The van der Waals surface area contributed by atoms with E-state index in [0.717, 1.165) is 36.6 Å². The second-order valence-electron chi connectivity index (χ2n) is 5.06. The Hall–Kier alpha value is -1.69. The molecule has 1 aliphatic heterocycles. The van der Waals surface area contributed by atoms with Crippen molar-refractivity contribution in [2.75, 3.05) is 16.8 Å². The fourth-order valence-electron chi connectivity index (χ4n) is 2.43. The minimum Gasteiger partial charge on any atom is -0.382 e. The highest BCUT2D eigenvalue weighted by molar-refractivity contribution is 7.85. The number of anilines is 1. The summed E-state index contributed by atoms with van der Waals surface area (Å²) in [6.07, 6.45) is 5.24. The van der Waals surface area contributed by atoms with Crippen molar-refractivity contribution in [3.63, 3.8) is 0 Å². The largest absolute Gasteiger partial charge is 0.382 e. The lowest BCUT2D eigenvalue weighted by Gasteiger charge is -2.23. The summed E-state index contributed by atoms with van der Waals surface area (Å²) in [6, 6.07) is 8.80. The molecule has 6 heteroatoms. The zero-order chi connectivity index (χ0) is 13.8. The van der Waals surface area contributed by atoms with Gasteiger partial charge in [-0.3, -0.25) is 4.21 Å². The van der Waals surface area contributed by atoms with Gasteiger partial charge in [-0.2, -0.15) is 5.10 Å². The smallest absolute Gasteiger partial charge is 0.137 e. The molecule has 2 heterocycles. The molecule has 5 nitrogen and oxygen atoms in total. The lowest BCUT2D eigenvalue weighted by atomic mass is 10.1. The van der Waals surface area contributed by atoms with E-state index in [1.54, 1.807) is 12.7 Å². The molecule has 0 radical (unpaired) electrons. The highest BCUT2D eigenvalue weighted by atomic mass is 32.2. The van der Waals surface area contributed by atoms with Crippen molar-refractivity contribution in [2.24, 2.45) is 0 Å². The summed E-state index contributed by atoms with van der Waals surface area (Å²) >= 11 is 0. The molecule has 0 aliphatic carbocycles. The van der Waals surface area contributed by atoms with Crippen LogP contribution in [0.1, 0.15) is 18.4 Å². The fraction of sp³-hybridized carbons (Fsp3) is 0.429. The standard InChI is InChI=1S/C14H18N4OS/c19-20-6-4-13(5-7-20)17-14-3-1-2-12(8-14)9-18-11-15-10-16-18/h1-3,8,10-11,13,17H,4-7,9H2. The molecule has 1 aromatic carbocycles. The van der Waals surface area contributed by atoms with Gasteiger partial charge in [-0.1, -0.05) is 12.1 Å². The molecule has 0 bridgehead atoms. The van der Waals surface area contributed by atoms with E-state index in [2.05, 4.69) is 39.7 Å². The Bertz CT molecular complexity index is 575. The number of aromatic nitrogens is 3. The van der Waals surface area contributed by atoms with E-state index in [9.17, 15) is 4.21 Å². The molecule has 2 aromatic rings. The lowest BCUT2D eigenvalue weighted by molar-refractivity contribution is 0.624. The van der Waals surface area contributed by atoms with E-state index in [1.807, 2.05) is 4.68 Å². The van der Waals surface area contributed by atoms with E-state index in [0.29, 0.717) is 6.04 Å². The molecule has 0 atom stereocenters. The first kappa shape index (κ1) is 13.3. The second-order valence-corrected chi connectivity index (χ2v) is 6.76. The number of nitrogens with zero attached hydrogens (tertiary/aromatic N) is 3. The van der Waals surface area contributed by atoms with E-state index in [-0.39, 0.29) is 0 Å². The van der Waals surface area contributed by atoms with Gasteiger partial charge in [-0.25, -0.2) is 9.67 Å². The highest BCUT2D eigenvalue weighted by Gasteiger charge is 2.17. The van der Waals surface area contributed by atoms with Crippen molar-refractivity contribution in [3.8, 4) is 0 Å². The maximum absolute atomic E-state index is 11.4. The van der Waals surface area contributed by atoms with Gasteiger partial charge in [0, 0.05) is 34.0 Å². The molecule has 106 valence electrons. The Labute approximate surface area is 120 Å². The fourth-order valence-corrected chi connectivity index (χ4v) is 3.73. The van der Waals surface area contributed by atoms with E-state index in [4.69, 9.17) is 0 Å². The SMILES string of the molecule is O=S1CCC(Nc2cccc(Cn3cncn3)c2)CC1. The Balaban J connectivity index is 1.63. The molecule has 20 heavy (non-hydrogen) atoms. The summed E-state index contributed by atoms with van der Waals surface area (Å²) in [7, 11) is -0.604. The Kier molecular flexibility index (Phi) is 4.11. The number of hydrogen-bond donors (Lipinski definition) is 1. The summed E-state index contributed by atoms with van der Waals surface area (Å²) in [5.74, 6) is 1.63. The van der Waals surface area contributed by atoms with Gasteiger partial charge in [0.05, 0.1) is 6.54 Å². The van der Waals surface area contributed by atoms with Crippen LogP contribution in [0.15, 0.2) is 36.9 Å². The Morgan fingerprint density at radius 1 is 1.35 bits per heavy atom. The molecular formula is C14H18N4OS. The van der Waals surface area contributed by atoms with Crippen LogP contribution in [0.25, 0.3) is 0 Å². The third-order valence-electron chi connectivity index (χ3n) is 3.50. The van der Waals surface area contributed by atoms with Crippen molar-refractivity contribution >= 4 is 16.5 Å². The summed E-state index contributed by atoms with van der Waals surface area (Å²) < 4.78 is 13.2. The van der Waals surface area contributed by atoms with Gasteiger partial charge in [-0.05, 0) is 30.5 Å². The highest BCUT2D eigenvalue weighted by Crippen LogP contribution is 2.17. The van der Waals surface area contributed by atoms with Crippen LogP contribution in [0.5, 0.6) is 0 Å². The minimum absolute atomic E-state index is 0.439. The first-order valence-electron chi connectivity index (χ1n) is 6.82. The predicted octanol–water partition coefficient (Wildman–Crippen LogP) is 1.65. The third-order valence-corrected chi connectivity index (χ3v) is 4.88. The Morgan fingerprint density at radius 2 is 2.20 bits per heavy atom. The molecule has 1 saturated heterocycles. The van der Waals surface area contributed by atoms with Crippen molar-refractivity contribution in [1.29, 1.82) is 0 Å². The van der Waals surface area contributed by atoms with Crippen molar-refractivity contribution < 1.29 is 4.21 Å². The van der Waals surface area contributed by atoms with Gasteiger partial charge < -0.3 is 5.32 Å². The van der Waals surface area contributed by atoms with Crippen molar-refractivity contribution in [2.45, 2.75) is 25.4 Å². The maximum atomic E-state index is 11.4. The number of benzene rings is 1. The molecule has 1 N–H and O–H groups in total. The average molecular weight is 290 g/mol. The predicted molar refractivity (Wildman–Crippen MR) is 80.1 cm³/mol. The van der Waals surface area contributed by atoms with Crippen LogP contribution in [0, 0.1) is 0 Å². The van der Waals surface area contributed by atoms with Crippen LogP contribution in [0.2, 0.25) is 0 Å². The molecule has 0 unspecified atom stereocenters. The van der Waals surface area contributed by atoms with Gasteiger partial charge in [0.2, 0.25) is 0 Å². The molecular weight excluding hydrogens is 272 g/mol. The molecule has 0 spiro atoms. The van der Waals surface area contributed by atoms with Gasteiger partial charge in [0.15, 0.2) is 0 Å². The first-order chi connectivity index (χ1) is 9.79. The third kappa shape index (κ3) is 3.45. The van der Waals surface area contributed by atoms with Gasteiger partial charge in [-0.15, -0.1) is 0 Å². The molecule has 0 saturated carbocycles. The first-order valence-corrected chi connectivity index (χ1v) is 8.31. The average Bonchev–Trinajstić information content (AvgIpc) is 2.95. The Morgan fingerprint density at radius 3 is 2.95 bits per heavy atom. The monoisotopic (exact) mass is 290 g/mol. The molecule has 1 aromatic heterocycles. The van der Waals surface area contributed by atoms with Crippen LogP contribution in [0.3, 0.4) is 0 Å².